The normalized spacial score (nSPS) is 19.4. The van der Waals surface area contributed by atoms with E-state index in [4.69, 9.17) is 9.72 Å². The molecule has 154 valence electrons. The Balaban J connectivity index is 1.36. The van der Waals surface area contributed by atoms with Gasteiger partial charge in [0.2, 0.25) is 5.91 Å². The monoisotopic (exact) mass is 394 g/mol. The molecule has 1 aromatic carbocycles. The molecule has 1 saturated heterocycles. The van der Waals surface area contributed by atoms with Gasteiger partial charge in [-0.3, -0.25) is 9.69 Å². The maximum absolute atomic E-state index is 11.6. The summed E-state index contributed by atoms with van der Waals surface area (Å²) in [5, 5.41) is 0. The van der Waals surface area contributed by atoms with Crippen molar-refractivity contribution < 1.29 is 9.53 Å². The first-order valence-corrected chi connectivity index (χ1v) is 10.6. The van der Waals surface area contributed by atoms with Crippen LogP contribution in [0.15, 0.2) is 30.5 Å². The molecule has 29 heavy (non-hydrogen) atoms. The van der Waals surface area contributed by atoms with Gasteiger partial charge in [-0.25, -0.2) is 9.97 Å². The largest absolute Gasteiger partial charge is 0.491 e. The van der Waals surface area contributed by atoms with Crippen LogP contribution in [0.3, 0.4) is 0 Å². The Bertz CT molecular complexity index is 866. The van der Waals surface area contributed by atoms with Gasteiger partial charge >= 0.3 is 0 Å². The molecule has 2 aliphatic heterocycles. The molecule has 2 aliphatic rings. The molecule has 4 rings (SSSR count). The van der Waals surface area contributed by atoms with Crippen molar-refractivity contribution in [2.45, 2.75) is 58.7 Å². The number of carbonyl (C=O) groups excluding carboxylic acids is 1. The van der Waals surface area contributed by atoms with Crippen molar-refractivity contribution in [2.75, 3.05) is 19.6 Å². The third-order valence-corrected chi connectivity index (χ3v) is 5.74. The number of nitrogens with zero attached hydrogens (tertiary/aromatic N) is 4. The average Bonchev–Trinajstić information content (AvgIpc) is 3.16. The number of hydrogen-bond acceptors (Lipinski definition) is 5. The summed E-state index contributed by atoms with van der Waals surface area (Å²) in [5.41, 5.74) is 3.51. The molecule has 6 heteroatoms. The smallest absolute Gasteiger partial charge is 0.219 e. The van der Waals surface area contributed by atoms with E-state index in [9.17, 15) is 4.79 Å². The molecule has 1 atom stereocenters. The summed E-state index contributed by atoms with van der Waals surface area (Å²) in [4.78, 5) is 25.5. The summed E-state index contributed by atoms with van der Waals surface area (Å²) in [6.07, 6.45) is 4.05. The number of fused-ring (bicyclic) bond motifs is 1. The van der Waals surface area contributed by atoms with E-state index in [-0.39, 0.29) is 12.0 Å². The van der Waals surface area contributed by atoms with E-state index in [1.165, 1.54) is 5.56 Å². The van der Waals surface area contributed by atoms with Gasteiger partial charge in [0.25, 0.3) is 0 Å². The highest BCUT2D eigenvalue weighted by Gasteiger charge is 2.28. The molecule has 3 heterocycles. The molecule has 0 aliphatic carbocycles. The van der Waals surface area contributed by atoms with Crippen molar-refractivity contribution >= 4 is 5.91 Å². The van der Waals surface area contributed by atoms with Crippen molar-refractivity contribution in [1.29, 1.82) is 0 Å². The fourth-order valence-electron chi connectivity index (χ4n) is 4.19. The molecular weight excluding hydrogens is 364 g/mol. The quantitative estimate of drug-likeness (QED) is 0.780. The van der Waals surface area contributed by atoms with E-state index in [0.717, 1.165) is 61.9 Å². The second kappa shape index (κ2) is 8.49. The van der Waals surface area contributed by atoms with E-state index < -0.39 is 0 Å². The van der Waals surface area contributed by atoms with Gasteiger partial charge in [-0.2, -0.15) is 0 Å². The number of carbonyl (C=O) groups is 1. The van der Waals surface area contributed by atoms with Gasteiger partial charge < -0.3 is 9.64 Å². The maximum Gasteiger partial charge on any atom is 0.219 e. The highest BCUT2D eigenvalue weighted by Crippen LogP contribution is 2.28. The molecule has 2 aromatic rings. The molecule has 0 spiro atoms. The molecule has 1 amide bonds. The number of rotatable bonds is 5. The van der Waals surface area contributed by atoms with Gasteiger partial charge in [-0.15, -0.1) is 0 Å². The minimum atomic E-state index is 0.120. The number of hydrogen-bond donors (Lipinski definition) is 0. The second-order valence-corrected chi connectivity index (χ2v) is 8.42. The minimum absolute atomic E-state index is 0.120. The Labute approximate surface area is 172 Å². The SMILES string of the molecule is CC(=O)N1CCc2nc([C@H]3CCN(Cc4ccc(OC(C)C)cc4)C3)ncc2C1. The van der Waals surface area contributed by atoms with Gasteiger partial charge in [-0.05, 0) is 44.5 Å². The van der Waals surface area contributed by atoms with Crippen LogP contribution in [0.1, 0.15) is 55.8 Å². The van der Waals surface area contributed by atoms with Crippen LogP contribution in [0, 0.1) is 0 Å². The van der Waals surface area contributed by atoms with Gasteiger partial charge in [0.1, 0.15) is 11.6 Å². The summed E-state index contributed by atoms with van der Waals surface area (Å²) in [5.74, 6) is 2.39. The Morgan fingerprint density at radius 2 is 2.03 bits per heavy atom. The average molecular weight is 395 g/mol. The highest BCUT2D eigenvalue weighted by atomic mass is 16.5. The first-order chi connectivity index (χ1) is 14.0. The second-order valence-electron chi connectivity index (χ2n) is 8.42. The summed E-state index contributed by atoms with van der Waals surface area (Å²) < 4.78 is 5.73. The number of benzene rings is 1. The third kappa shape index (κ3) is 4.75. The lowest BCUT2D eigenvalue weighted by molar-refractivity contribution is -0.129. The van der Waals surface area contributed by atoms with Crippen molar-refractivity contribution in [3.63, 3.8) is 0 Å². The molecule has 0 bridgehead atoms. The van der Waals surface area contributed by atoms with E-state index in [1.807, 2.05) is 24.9 Å². The minimum Gasteiger partial charge on any atom is -0.491 e. The van der Waals surface area contributed by atoms with Crippen LogP contribution in [0.2, 0.25) is 0 Å². The Hall–Kier alpha value is -2.47. The Morgan fingerprint density at radius 3 is 2.76 bits per heavy atom. The predicted molar refractivity (Wildman–Crippen MR) is 112 cm³/mol. The van der Waals surface area contributed by atoms with E-state index >= 15 is 0 Å². The van der Waals surface area contributed by atoms with Crippen LogP contribution >= 0.6 is 0 Å². The van der Waals surface area contributed by atoms with E-state index in [1.54, 1.807) is 6.92 Å². The van der Waals surface area contributed by atoms with Gasteiger partial charge in [0.15, 0.2) is 0 Å². The van der Waals surface area contributed by atoms with Crippen LogP contribution in [0.5, 0.6) is 5.75 Å². The van der Waals surface area contributed by atoms with E-state index in [0.29, 0.717) is 12.5 Å². The van der Waals surface area contributed by atoms with Crippen molar-refractivity contribution in [3.8, 4) is 5.75 Å². The van der Waals surface area contributed by atoms with Gasteiger partial charge in [0, 0.05) is 57.2 Å². The summed E-state index contributed by atoms with van der Waals surface area (Å²) in [6.45, 7) is 10.1. The van der Waals surface area contributed by atoms with Crippen molar-refractivity contribution in [3.05, 3.63) is 53.1 Å². The van der Waals surface area contributed by atoms with Crippen LogP contribution < -0.4 is 4.74 Å². The lowest BCUT2D eigenvalue weighted by Gasteiger charge is -2.27. The fourth-order valence-corrected chi connectivity index (χ4v) is 4.19. The van der Waals surface area contributed by atoms with Gasteiger partial charge in [-0.1, -0.05) is 12.1 Å². The maximum atomic E-state index is 11.6. The molecule has 0 saturated carbocycles. The molecule has 0 N–H and O–H groups in total. The van der Waals surface area contributed by atoms with Crippen LogP contribution in [0.25, 0.3) is 0 Å². The molecule has 0 radical (unpaired) electrons. The van der Waals surface area contributed by atoms with Crippen molar-refractivity contribution in [1.82, 2.24) is 19.8 Å². The number of aromatic nitrogens is 2. The summed E-state index contributed by atoms with van der Waals surface area (Å²) in [6, 6.07) is 8.42. The number of amides is 1. The topological polar surface area (TPSA) is 58.6 Å². The van der Waals surface area contributed by atoms with Crippen LogP contribution in [-0.4, -0.2) is 51.4 Å². The third-order valence-electron chi connectivity index (χ3n) is 5.74. The zero-order valence-electron chi connectivity index (χ0n) is 17.6. The summed E-state index contributed by atoms with van der Waals surface area (Å²) >= 11 is 0. The molecule has 0 unspecified atom stereocenters. The van der Waals surface area contributed by atoms with Crippen LogP contribution in [-0.2, 0) is 24.3 Å². The van der Waals surface area contributed by atoms with Crippen LogP contribution in [0.4, 0.5) is 0 Å². The molecule has 1 aromatic heterocycles. The fraction of sp³-hybridized carbons (Fsp3) is 0.522. The zero-order valence-corrected chi connectivity index (χ0v) is 17.6. The number of likely N-dealkylation sites (tertiary alicyclic amines) is 1. The zero-order chi connectivity index (χ0) is 20.4. The lowest BCUT2D eigenvalue weighted by Crippen LogP contribution is -2.35. The lowest BCUT2D eigenvalue weighted by atomic mass is 10.0. The first-order valence-electron chi connectivity index (χ1n) is 10.6. The van der Waals surface area contributed by atoms with E-state index in [2.05, 4.69) is 34.1 Å². The first kappa shape index (κ1) is 19.8. The highest BCUT2D eigenvalue weighted by molar-refractivity contribution is 5.73. The number of ether oxygens (including phenoxy) is 1. The van der Waals surface area contributed by atoms with Crippen molar-refractivity contribution in [2.24, 2.45) is 0 Å². The summed E-state index contributed by atoms with van der Waals surface area (Å²) in [7, 11) is 0. The predicted octanol–water partition coefficient (Wildman–Crippen LogP) is 3.16. The Kier molecular flexibility index (Phi) is 5.81. The van der Waals surface area contributed by atoms with Gasteiger partial charge in [0.05, 0.1) is 11.8 Å². The molecule has 1 fully saturated rings. The molecular formula is C23H30N4O2. The molecule has 6 nitrogen and oxygen atoms in total. The Morgan fingerprint density at radius 1 is 1.24 bits per heavy atom. The standard InChI is InChI=1S/C23H30N4O2/c1-16(2)29-21-6-4-18(5-7-21)13-26-10-8-19(14-26)23-24-12-20-15-27(17(3)28)11-9-22(20)25-23/h4-7,12,16,19H,8-11,13-15H2,1-3H3/t19-/m0/s1.